The second kappa shape index (κ2) is 10.2. The Balaban J connectivity index is 1.45. The summed E-state index contributed by atoms with van der Waals surface area (Å²) in [6, 6.07) is 14.1. The van der Waals surface area contributed by atoms with Gasteiger partial charge < -0.3 is 9.80 Å². The zero-order valence-electron chi connectivity index (χ0n) is 18.4. The second-order valence-electron chi connectivity index (χ2n) is 8.12. The summed E-state index contributed by atoms with van der Waals surface area (Å²) >= 11 is 0. The van der Waals surface area contributed by atoms with E-state index in [0.29, 0.717) is 45.6 Å². The molecule has 1 saturated heterocycles. The molecule has 166 valence electrons. The minimum Gasteiger partial charge on any atom is -0.341 e. The van der Waals surface area contributed by atoms with Gasteiger partial charge in [0.2, 0.25) is 11.8 Å². The molecule has 0 bridgehead atoms. The molecule has 1 aromatic carbocycles. The number of hydrogen-bond acceptors (Lipinski definition) is 4. The molecule has 1 fully saturated rings. The van der Waals surface area contributed by atoms with Gasteiger partial charge in [0, 0.05) is 63.9 Å². The number of pyridine rings is 1. The van der Waals surface area contributed by atoms with Crippen LogP contribution >= 0.6 is 0 Å². The Morgan fingerprint density at radius 1 is 1.06 bits per heavy atom. The van der Waals surface area contributed by atoms with Crippen LogP contribution in [0.5, 0.6) is 0 Å². The third kappa shape index (κ3) is 5.22. The summed E-state index contributed by atoms with van der Waals surface area (Å²) in [5, 5.41) is 4.17. The smallest absolute Gasteiger partial charge is 0.227 e. The molecule has 1 unspecified atom stereocenters. The molecule has 7 nitrogen and oxygen atoms in total. The number of carbonyl (C=O) groups is 2. The fraction of sp³-hybridized carbons (Fsp3) is 0.360. The van der Waals surface area contributed by atoms with E-state index in [1.807, 2.05) is 47.3 Å². The first-order valence-electron chi connectivity index (χ1n) is 11.2. The van der Waals surface area contributed by atoms with Crippen molar-refractivity contribution in [3.8, 4) is 11.1 Å². The first kappa shape index (κ1) is 21.7. The van der Waals surface area contributed by atoms with Crippen LogP contribution in [0.15, 0.2) is 67.3 Å². The number of aromatic nitrogens is 3. The monoisotopic (exact) mass is 431 g/mol. The lowest BCUT2D eigenvalue weighted by Gasteiger charge is -2.23. The summed E-state index contributed by atoms with van der Waals surface area (Å²) in [5.74, 6) is -0.0373. The third-order valence-corrected chi connectivity index (χ3v) is 6.02. The first-order chi connectivity index (χ1) is 15.6. The van der Waals surface area contributed by atoms with Gasteiger partial charge in [-0.05, 0) is 42.2 Å². The minimum absolute atomic E-state index is 0.0724. The van der Waals surface area contributed by atoms with Crippen LogP contribution in [0, 0.1) is 5.92 Å². The van der Waals surface area contributed by atoms with Gasteiger partial charge in [0.1, 0.15) is 0 Å². The Hall–Kier alpha value is -3.48. The average Bonchev–Trinajstić information content (AvgIpc) is 3.30. The molecule has 3 heterocycles. The fourth-order valence-corrected chi connectivity index (χ4v) is 4.19. The fourth-order valence-electron chi connectivity index (χ4n) is 4.19. The van der Waals surface area contributed by atoms with Gasteiger partial charge in [0.15, 0.2) is 0 Å². The van der Waals surface area contributed by atoms with Crippen molar-refractivity contribution in [1.29, 1.82) is 0 Å². The van der Waals surface area contributed by atoms with Crippen molar-refractivity contribution in [3.05, 3.63) is 72.8 Å². The van der Waals surface area contributed by atoms with E-state index >= 15 is 0 Å². The predicted molar refractivity (Wildman–Crippen MR) is 123 cm³/mol. The summed E-state index contributed by atoms with van der Waals surface area (Å²) in [4.78, 5) is 33.9. The zero-order chi connectivity index (χ0) is 22.3. The Labute approximate surface area is 188 Å². The highest BCUT2D eigenvalue weighted by Gasteiger charge is 2.31. The number of amides is 2. The summed E-state index contributed by atoms with van der Waals surface area (Å²) in [6.45, 7) is 4.82. The maximum Gasteiger partial charge on any atom is 0.227 e. The molecule has 0 saturated carbocycles. The standard InChI is InChI=1S/C25H29N5O2/c1-2-28-15-16-29(24(31)10-14-30-13-4-12-27-30)19-23(25(28)32)17-20-6-8-21(9-7-20)22-5-3-11-26-18-22/h3-9,11-13,18,23H,2,10,14-17,19H2,1H3. The van der Waals surface area contributed by atoms with Crippen LogP contribution in [-0.2, 0) is 22.6 Å². The molecule has 1 aliphatic rings. The van der Waals surface area contributed by atoms with Crippen molar-refractivity contribution in [2.45, 2.75) is 26.3 Å². The van der Waals surface area contributed by atoms with E-state index in [-0.39, 0.29) is 17.7 Å². The van der Waals surface area contributed by atoms with E-state index in [1.165, 1.54) is 0 Å². The van der Waals surface area contributed by atoms with Crippen LogP contribution in [-0.4, -0.2) is 62.6 Å². The van der Waals surface area contributed by atoms with Crippen molar-refractivity contribution in [3.63, 3.8) is 0 Å². The molecule has 7 heteroatoms. The van der Waals surface area contributed by atoms with Gasteiger partial charge in [-0.15, -0.1) is 0 Å². The average molecular weight is 432 g/mol. The second-order valence-corrected chi connectivity index (χ2v) is 8.12. The molecule has 0 N–H and O–H groups in total. The maximum atomic E-state index is 13.1. The quantitative estimate of drug-likeness (QED) is 0.577. The van der Waals surface area contributed by atoms with E-state index in [0.717, 1.165) is 16.7 Å². The van der Waals surface area contributed by atoms with Crippen molar-refractivity contribution >= 4 is 11.8 Å². The first-order valence-corrected chi connectivity index (χ1v) is 11.2. The Morgan fingerprint density at radius 2 is 1.91 bits per heavy atom. The number of carbonyl (C=O) groups excluding carboxylic acids is 2. The lowest BCUT2D eigenvalue weighted by molar-refractivity contribution is -0.134. The zero-order valence-corrected chi connectivity index (χ0v) is 18.4. The molecule has 3 aromatic rings. The van der Waals surface area contributed by atoms with Crippen LogP contribution in [0.25, 0.3) is 11.1 Å². The van der Waals surface area contributed by atoms with Gasteiger partial charge in [-0.25, -0.2) is 0 Å². The van der Waals surface area contributed by atoms with Gasteiger partial charge in [0.25, 0.3) is 0 Å². The summed E-state index contributed by atoms with van der Waals surface area (Å²) in [6.07, 6.45) is 8.17. The number of hydrogen-bond donors (Lipinski definition) is 0. The van der Waals surface area contributed by atoms with E-state index < -0.39 is 0 Å². The van der Waals surface area contributed by atoms with Gasteiger partial charge in [-0.3, -0.25) is 19.3 Å². The Morgan fingerprint density at radius 3 is 2.59 bits per heavy atom. The minimum atomic E-state index is -0.240. The molecular weight excluding hydrogens is 402 g/mol. The molecule has 0 spiro atoms. The molecule has 1 aliphatic heterocycles. The number of nitrogens with zero attached hydrogens (tertiary/aromatic N) is 5. The lowest BCUT2D eigenvalue weighted by Crippen LogP contribution is -2.38. The van der Waals surface area contributed by atoms with Crippen LogP contribution in [0.4, 0.5) is 0 Å². The van der Waals surface area contributed by atoms with Gasteiger partial charge in [-0.1, -0.05) is 30.3 Å². The van der Waals surface area contributed by atoms with E-state index in [1.54, 1.807) is 17.1 Å². The van der Waals surface area contributed by atoms with Crippen molar-refractivity contribution < 1.29 is 9.59 Å². The number of rotatable bonds is 7. The lowest BCUT2D eigenvalue weighted by atomic mass is 9.96. The van der Waals surface area contributed by atoms with Gasteiger partial charge in [-0.2, -0.15) is 5.10 Å². The largest absolute Gasteiger partial charge is 0.341 e. The van der Waals surface area contributed by atoms with Crippen LogP contribution in [0.1, 0.15) is 18.9 Å². The third-order valence-electron chi connectivity index (χ3n) is 6.02. The van der Waals surface area contributed by atoms with Crippen molar-refractivity contribution in [2.75, 3.05) is 26.2 Å². The molecule has 4 rings (SSSR count). The summed E-state index contributed by atoms with van der Waals surface area (Å²) in [7, 11) is 0. The van der Waals surface area contributed by atoms with Crippen molar-refractivity contribution in [1.82, 2.24) is 24.6 Å². The highest BCUT2D eigenvalue weighted by atomic mass is 16.2. The molecule has 0 radical (unpaired) electrons. The van der Waals surface area contributed by atoms with E-state index in [9.17, 15) is 9.59 Å². The Bertz CT molecular complexity index is 1020. The summed E-state index contributed by atoms with van der Waals surface area (Å²) in [5.41, 5.74) is 3.26. The number of likely N-dealkylation sites (N-methyl/N-ethyl adjacent to an activating group) is 1. The summed E-state index contributed by atoms with van der Waals surface area (Å²) < 4.78 is 1.76. The topological polar surface area (TPSA) is 71.3 Å². The number of benzene rings is 1. The molecule has 1 atom stereocenters. The predicted octanol–water partition coefficient (Wildman–Crippen LogP) is 2.88. The van der Waals surface area contributed by atoms with Crippen LogP contribution in [0.3, 0.4) is 0 Å². The van der Waals surface area contributed by atoms with Gasteiger partial charge in [0.05, 0.1) is 5.92 Å². The van der Waals surface area contributed by atoms with E-state index in [2.05, 4.69) is 34.3 Å². The highest BCUT2D eigenvalue weighted by Crippen LogP contribution is 2.22. The molecule has 2 amide bonds. The highest BCUT2D eigenvalue weighted by molar-refractivity contribution is 5.82. The van der Waals surface area contributed by atoms with E-state index in [4.69, 9.17) is 0 Å². The Kier molecular flexibility index (Phi) is 6.94. The van der Waals surface area contributed by atoms with Crippen LogP contribution in [0.2, 0.25) is 0 Å². The SMILES string of the molecule is CCN1CCN(C(=O)CCn2cccn2)CC(Cc2ccc(-c3cccnc3)cc2)C1=O. The van der Waals surface area contributed by atoms with Crippen molar-refractivity contribution in [2.24, 2.45) is 5.92 Å². The molecule has 32 heavy (non-hydrogen) atoms. The molecule has 2 aromatic heterocycles. The maximum absolute atomic E-state index is 13.1. The van der Waals surface area contributed by atoms with Gasteiger partial charge >= 0.3 is 0 Å². The molecular formula is C25H29N5O2. The number of aryl methyl sites for hydroxylation is 1. The normalized spacial score (nSPS) is 16.8. The molecule has 0 aliphatic carbocycles. The van der Waals surface area contributed by atoms with Crippen LogP contribution < -0.4 is 0 Å².